The molecule has 0 aliphatic carbocycles. The van der Waals surface area contributed by atoms with Gasteiger partial charge in [0.05, 0.1) is 0 Å². The molecule has 0 saturated carbocycles. The van der Waals surface area contributed by atoms with E-state index in [4.69, 9.17) is 5.73 Å². The van der Waals surface area contributed by atoms with Gasteiger partial charge in [0.15, 0.2) is 0 Å². The van der Waals surface area contributed by atoms with Crippen molar-refractivity contribution in [2.45, 2.75) is 84.6 Å². The normalized spacial score (nSPS) is 12.3. The fourth-order valence-corrected chi connectivity index (χ4v) is 2.31. The van der Waals surface area contributed by atoms with Gasteiger partial charge in [-0.05, 0) is 39.8 Å². The maximum Gasteiger partial charge on any atom is 0.0275 e. The summed E-state index contributed by atoms with van der Waals surface area (Å²) >= 11 is 0. The Hall–Kier alpha value is -0.0800. The summed E-state index contributed by atoms with van der Waals surface area (Å²) < 4.78 is 0. The van der Waals surface area contributed by atoms with E-state index in [9.17, 15) is 0 Å². The van der Waals surface area contributed by atoms with E-state index >= 15 is 0 Å². The summed E-state index contributed by atoms with van der Waals surface area (Å²) in [5.41, 5.74) is 6.09. The lowest BCUT2D eigenvalue weighted by Crippen LogP contribution is -2.50. The van der Waals surface area contributed by atoms with Crippen molar-refractivity contribution < 1.29 is 0 Å². The molecule has 2 nitrogen and oxygen atoms in total. The monoisotopic (exact) mass is 256 g/mol. The largest absolute Gasteiger partial charge is 0.329 e. The van der Waals surface area contributed by atoms with Crippen LogP contribution in [0.1, 0.15) is 79.1 Å². The van der Waals surface area contributed by atoms with Crippen LogP contribution in [-0.2, 0) is 0 Å². The van der Waals surface area contributed by atoms with Crippen molar-refractivity contribution in [3.05, 3.63) is 0 Å². The van der Waals surface area contributed by atoms with Crippen LogP contribution >= 0.6 is 0 Å². The third kappa shape index (κ3) is 8.10. The molecule has 110 valence electrons. The molecule has 0 fully saturated rings. The van der Waals surface area contributed by atoms with Gasteiger partial charge < -0.3 is 5.73 Å². The Morgan fingerprint density at radius 3 is 1.56 bits per heavy atom. The van der Waals surface area contributed by atoms with Gasteiger partial charge in [-0.2, -0.15) is 0 Å². The molecule has 0 saturated heterocycles. The van der Waals surface area contributed by atoms with Crippen molar-refractivity contribution in [1.82, 2.24) is 4.90 Å². The minimum Gasteiger partial charge on any atom is -0.329 e. The summed E-state index contributed by atoms with van der Waals surface area (Å²) in [7, 11) is 0. The zero-order valence-electron chi connectivity index (χ0n) is 13.3. The molecule has 0 aromatic heterocycles. The molecular weight excluding hydrogens is 220 g/mol. The van der Waals surface area contributed by atoms with Crippen molar-refractivity contribution in [2.24, 2.45) is 5.73 Å². The highest BCUT2D eigenvalue weighted by molar-refractivity contribution is 4.82. The third-order valence-electron chi connectivity index (χ3n) is 3.92. The van der Waals surface area contributed by atoms with Crippen LogP contribution in [0.25, 0.3) is 0 Å². The maximum atomic E-state index is 5.93. The number of nitrogens with two attached hydrogens (primary N) is 1. The molecule has 0 aromatic carbocycles. The predicted molar refractivity (Wildman–Crippen MR) is 83.0 cm³/mol. The predicted octanol–water partition coefficient (Wildman–Crippen LogP) is 4.19. The molecule has 0 bridgehead atoms. The molecule has 0 heterocycles. The Kier molecular flexibility index (Phi) is 10.8. The smallest absolute Gasteiger partial charge is 0.0275 e. The van der Waals surface area contributed by atoms with E-state index in [0.717, 1.165) is 6.54 Å². The Morgan fingerprint density at radius 2 is 1.22 bits per heavy atom. The molecule has 2 N–H and O–H groups in total. The average molecular weight is 256 g/mol. The topological polar surface area (TPSA) is 29.3 Å². The van der Waals surface area contributed by atoms with Crippen molar-refractivity contribution >= 4 is 0 Å². The fraction of sp³-hybridized carbons (Fsp3) is 1.00. The Morgan fingerprint density at radius 1 is 0.778 bits per heavy atom. The van der Waals surface area contributed by atoms with Crippen molar-refractivity contribution in [1.29, 1.82) is 0 Å². The molecule has 18 heavy (non-hydrogen) atoms. The van der Waals surface area contributed by atoms with Gasteiger partial charge >= 0.3 is 0 Å². The van der Waals surface area contributed by atoms with E-state index in [1.807, 2.05) is 0 Å². The van der Waals surface area contributed by atoms with Crippen LogP contribution in [-0.4, -0.2) is 30.1 Å². The highest BCUT2D eigenvalue weighted by atomic mass is 15.2. The van der Waals surface area contributed by atoms with E-state index in [1.54, 1.807) is 0 Å². The highest BCUT2D eigenvalue weighted by Gasteiger charge is 2.23. The van der Waals surface area contributed by atoms with Crippen LogP contribution in [0.5, 0.6) is 0 Å². The van der Waals surface area contributed by atoms with Gasteiger partial charge in [-0.3, -0.25) is 4.90 Å². The van der Waals surface area contributed by atoms with E-state index < -0.39 is 0 Å². The standard InChI is InChI=1S/C16H36N2/c1-5-7-9-11-13-18(16(3,4)15-17)14-12-10-8-6-2/h5-15,17H2,1-4H3. The van der Waals surface area contributed by atoms with E-state index in [0.29, 0.717) is 0 Å². The highest BCUT2D eigenvalue weighted by Crippen LogP contribution is 2.16. The molecule has 0 aliphatic heterocycles. The lowest BCUT2D eigenvalue weighted by Gasteiger charge is -2.38. The molecule has 0 aliphatic rings. The van der Waals surface area contributed by atoms with Crippen molar-refractivity contribution in [2.75, 3.05) is 19.6 Å². The molecule has 0 aromatic rings. The van der Waals surface area contributed by atoms with Crippen LogP contribution in [0.2, 0.25) is 0 Å². The van der Waals surface area contributed by atoms with Crippen molar-refractivity contribution in [3.8, 4) is 0 Å². The third-order valence-corrected chi connectivity index (χ3v) is 3.92. The van der Waals surface area contributed by atoms with E-state index in [1.165, 1.54) is 64.5 Å². The fourth-order valence-electron chi connectivity index (χ4n) is 2.31. The molecule has 0 radical (unpaired) electrons. The lowest BCUT2D eigenvalue weighted by molar-refractivity contribution is 0.121. The van der Waals surface area contributed by atoms with Crippen LogP contribution < -0.4 is 5.73 Å². The minimum absolute atomic E-state index is 0.165. The zero-order chi connectivity index (χ0) is 13.9. The first kappa shape index (κ1) is 17.9. The van der Waals surface area contributed by atoms with E-state index in [2.05, 4.69) is 32.6 Å². The average Bonchev–Trinajstić information content (AvgIpc) is 2.36. The van der Waals surface area contributed by atoms with Gasteiger partial charge in [0.2, 0.25) is 0 Å². The number of unbranched alkanes of at least 4 members (excludes halogenated alkanes) is 6. The van der Waals surface area contributed by atoms with Gasteiger partial charge in [-0.15, -0.1) is 0 Å². The van der Waals surface area contributed by atoms with Gasteiger partial charge in [0.1, 0.15) is 0 Å². The first-order valence-corrected chi connectivity index (χ1v) is 8.03. The first-order chi connectivity index (χ1) is 8.58. The molecule has 0 rings (SSSR count). The number of hydrogen-bond donors (Lipinski definition) is 1. The molecule has 0 atom stereocenters. The Bertz CT molecular complexity index is 166. The molecule has 0 unspecified atom stereocenters. The minimum atomic E-state index is 0.165. The second kappa shape index (κ2) is 10.8. The summed E-state index contributed by atoms with van der Waals surface area (Å²) in [5, 5.41) is 0. The van der Waals surface area contributed by atoms with Crippen LogP contribution in [0.3, 0.4) is 0 Å². The van der Waals surface area contributed by atoms with Crippen molar-refractivity contribution in [3.63, 3.8) is 0 Å². The molecular formula is C16H36N2. The molecule has 0 spiro atoms. The number of rotatable bonds is 12. The second-order valence-electron chi connectivity index (χ2n) is 6.12. The van der Waals surface area contributed by atoms with E-state index in [-0.39, 0.29) is 5.54 Å². The van der Waals surface area contributed by atoms with Gasteiger partial charge in [-0.25, -0.2) is 0 Å². The van der Waals surface area contributed by atoms with Gasteiger partial charge in [0.25, 0.3) is 0 Å². The number of nitrogens with zero attached hydrogens (tertiary/aromatic N) is 1. The Labute approximate surface area is 115 Å². The molecule has 2 heteroatoms. The summed E-state index contributed by atoms with van der Waals surface area (Å²) in [5.74, 6) is 0. The van der Waals surface area contributed by atoms with Gasteiger partial charge in [0, 0.05) is 12.1 Å². The lowest BCUT2D eigenvalue weighted by atomic mass is 10.0. The SMILES string of the molecule is CCCCCCN(CCCCCC)C(C)(C)CN. The quantitative estimate of drug-likeness (QED) is 0.531. The second-order valence-corrected chi connectivity index (χ2v) is 6.12. The Balaban J connectivity index is 4.00. The maximum absolute atomic E-state index is 5.93. The number of hydrogen-bond acceptors (Lipinski definition) is 2. The summed E-state index contributed by atoms with van der Waals surface area (Å²) in [6, 6.07) is 0. The first-order valence-electron chi connectivity index (χ1n) is 8.03. The molecule has 0 amide bonds. The van der Waals surface area contributed by atoms with Crippen LogP contribution in [0.4, 0.5) is 0 Å². The van der Waals surface area contributed by atoms with Crippen LogP contribution in [0.15, 0.2) is 0 Å². The summed E-state index contributed by atoms with van der Waals surface area (Å²) in [6.07, 6.45) is 10.7. The zero-order valence-corrected chi connectivity index (χ0v) is 13.3. The summed E-state index contributed by atoms with van der Waals surface area (Å²) in [6.45, 7) is 12.3. The van der Waals surface area contributed by atoms with Gasteiger partial charge in [-0.1, -0.05) is 52.4 Å². The van der Waals surface area contributed by atoms with Crippen LogP contribution in [0, 0.1) is 0 Å². The summed E-state index contributed by atoms with van der Waals surface area (Å²) in [4.78, 5) is 2.61.